The fourth-order valence-electron chi connectivity index (χ4n) is 1.39. The van der Waals surface area contributed by atoms with E-state index in [0.717, 1.165) is 11.3 Å². The van der Waals surface area contributed by atoms with E-state index in [9.17, 15) is 0 Å². The van der Waals surface area contributed by atoms with Crippen LogP contribution in [0.2, 0.25) is 0 Å². The van der Waals surface area contributed by atoms with E-state index >= 15 is 0 Å². The topological polar surface area (TPSA) is 12.9 Å². The van der Waals surface area contributed by atoms with Crippen molar-refractivity contribution in [3.63, 3.8) is 0 Å². The Labute approximate surface area is 111 Å². The van der Waals surface area contributed by atoms with Crippen LogP contribution in [0.1, 0.15) is 5.56 Å². The zero-order valence-corrected chi connectivity index (χ0v) is 11.0. The molecule has 3 aromatic rings. The van der Waals surface area contributed by atoms with Crippen LogP contribution in [0.5, 0.6) is 0 Å². The van der Waals surface area contributed by atoms with Crippen molar-refractivity contribution in [3.05, 3.63) is 65.7 Å². The molecule has 0 spiro atoms. The standard InChI is InChI=1S/C7H5NS.C7H8S/c1-2-4-7-6(3-1)8-5-9-7;8-6-7-4-2-1-3-5-7/h1-5H;1-5,8H,6H2. The fourth-order valence-corrected chi connectivity index (χ4v) is 2.28. The third-order valence-corrected chi connectivity index (χ3v) is 3.44. The molecular formula is C14H13NS2. The van der Waals surface area contributed by atoms with Gasteiger partial charge in [0.1, 0.15) is 0 Å². The second-order valence-electron chi connectivity index (χ2n) is 3.46. The van der Waals surface area contributed by atoms with Crippen LogP contribution in [0.25, 0.3) is 10.2 Å². The lowest BCUT2D eigenvalue weighted by molar-refractivity contribution is 1.43. The molecule has 1 nitrogen and oxygen atoms in total. The molecule has 0 saturated heterocycles. The lowest BCUT2D eigenvalue weighted by Crippen LogP contribution is -1.71. The van der Waals surface area contributed by atoms with Crippen LogP contribution in [0.3, 0.4) is 0 Å². The number of rotatable bonds is 1. The molecule has 0 saturated carbocycles. The maximum Gasteiger partial charge on any atom is 0.0812 e. The van der Waals surface area contributed by atoms with Gasteiger partial charge in [0.25, 0.3) is 0 Å². The van der Waals surface area contributed by atoms with Gasteiger partial charge in [-0.05, 0) is 17.7 Å². The monoisotopic (exact) mass is 259 g/mol. The third-order valence-electron chi connectivity index (χ3n) is 2.26. The molecule has 3 heteroatoms. The largest absolute Gasteiger partial charge is 0.245 e. The third kappa shape index (κ3) is 3.58. The van der Waals surface area contributed by atoms with Gasteiger partial charge in [0.2, 0.25) is 0 Å². The van der Waals surface area contributed by atoms with Gasteiger partial charge in [-0.2, -0.15) is 12.6 Å². The van der Waals surface area contributed by atoms with Gasteiger partial charge >= 0.3 is 0 Å². The summed E-state index contributed by atoms with van der Waals surface area (Å²) in [7, 11) is 0. The first-order chi connectivity index (χ1) is 8.40. The number of para-hydroxylation sites is 1. The first-order valence-corrected chi connectivity index (χ1v) is 6.84. The summed E-state index contributed by atoms with van der Waals surface area (Å²) in [6, 6.07) is 18.3. The van der Waals surface area contributed by atoms with Crippen LogP contribution in [0.15, 0.2) is 60.1 Å². The minimum absolute atomic E-state index is 0.834. The van der Waals surface area contributed by atoms with Crippen LogP contribution in [0, 0.1) is 0 Å². The van der Waals surface area contributed by atoms with Gasteiger partial charge in [0, 0.05) is 5.75 Å². The van der Waals surface area contributed by atoms with Crippen molar-refractivity contribution >= 4 is 34.2 Å². The zero-order valence-electron chi connectivity index (χ0n) is 9.28. The molecule has 0 aliphatic heterocycles. The Morgan fingerprint density at radius 2 is 1.65 bits per heavy atom. The highest BCUT2D eigenvalue weighted by atomic mass is 32.1. The van der Waals surface area contributed by atoms with Crippen molar-refractivity contribution in [1.29, 1.82) is 0 Å². The summed E-state index contributed by atoms with van der Waals surface area (Å²) >= 11 is 5.79. The average Bonchev–Trinajstić information content (AvgIpc) is 2.89. The SMILES string of the molecule is SCc1ccccc1.c1ccc2scnc2c1. The molecule has 1 aromatic heterocycles. The van der Waals surface area contributed by atoms with Crippen molar-refractivity contribution in [2.45, 2.75) is 5.75 Å². The summed E-state index contributed by atoms with van der Waals surface area (Å²) < 4.78 is 1.26. The molecule has 0 radical (unpaired) electrons. The van der Waals surface area contributed by atoms with Crippen LogP contribution >= 0.6 is 24.0 Å². The van der Waals surface area contributed by atoms with E-state index in [1.165, 1.54) is 10.3 Å². The molecule has 3 rings (SSSR count). The molecule has 0 aliphatic carbocycles. The molecular weight excluding hydrogens is 246 g/mol. The molecule has 0 N–H and O–H groups in total. The second-order valence-corrected chi connectivity index (χ2v) is 4.67. The molecule has 0 amide bonds. The smallest absolute Gasteiger partial charge is 0.0812 e. The average molecular weight is 259 g/mol. The normalized spacial score (nSPS) is 9.71. The Kier molecular flexibility index (Phi) is 4.59. The van der Waals surface area contributed by atoms with Gasteiger partial charge in [-0.15, -0.1) is 11.3 Å². The van der Waals surface area contributed by atoms with Gasteiger partial charge in [-0.25, -0.2) is 4.98 Å². The van der Waals surface area contributed by atoms with E-state index in [-0.39, 0.29) is 0 Å². The summed E-state index contributed by atoms with van der Waals surface area (Å²) in [5, 5.41) is 0. The quantitative estimate of drug-likeness (QED) is 0.639. The lowest BCUT2D eigenvalue weighted by atomic mass is 10.2. The van der Waals surface area contributed by atoms with Crippen LogP contribution in [-0.2, 0) is 5.75 Å². The minimum Gasteiger partial charge on any atom is -0.245 e. The second kappa shape index (κ2) is 6.42. The Hall–Kier alpha value is -1.32. The number of nitrogens with zero attached hydrogens (tertiary/aromatic N) is 1. The summed E-state index contributed by atoms with van der Waals surface area (Å²) in [6.07, 6.45) is 0. The minimum atomic E-state index is 0.834. The van der Waals surface area contributed by atoms with E-state index in [4.69, 9.17) is 0 Å². The molecule has 0 atom stereocenters. The molecule has 0 fully saturated rings. The van der Waals surface area contributed by atoms with Crippen molar-refractivity contribution in [1.82, 2.24) is 4.98 Å². The number of hydrogen-bond acceptors (Lipinski definition) is 3. The van der Waals surface area contributed by atoms with Crippen molar-refractivity contribution in [2.75, 3.05) is 0 Å². The molecule has 17 heavy (non-hydrogen) atoms. The highest BCUT2D eigenvalue weighted by molar-refractivity contribution is 7.79. The summed E-state index contributed by atoms with van der Waals surface area (Å²) in [6.45, 7) is 0. The van der Waals surface area contributed by atoms with Crippen LogP contribution in [-0.4, -0.2) is 4.98 Å². The molecule has 0 aliphatic rings. The van der Waals surface area contributed by atoms with Crippen LogP contribution < -0.4 is 0 Å². The highest BCUT2D eigenvalue weighted by Crippen LogP contribution is 2.15. The molecule has 1 heterocycles. The van der Waals surface area contributed by atoms with Crippen molar-refractivity contribution in [3.8, 4) is 0 Å². The number of hydrogen-bond donors (Lipinski definition) is 1. The van der Waals surface area contributed by atoms with Gasteiger partial charge in [-0.1, -0.05) is 42.5 Å². The van der Waals surface area contributed by atoms with Crippen molar-refractivity contribution < 1.29 is 0 Å². The number of thiol groups is 1. The van der Waals surface area contributed by atoms with E-state index in [1.807, 2.05) is 41.9 Å². The van der Waals surface area contributed by atoms with Gasteiger partial charge in [0.15, 0.2) is 0 Å². The summed E-state index contributed by atoms with van der Waals surface area (Å²) in [5.74, 6) is 0.834. The van der Waals surface area contributed by atoms with Gasteiger partial charge in [-0.3, -0.25) is 0 Å². The Morgan fingerprint density at radius 3 is 2.29 bits per heavy atom. The van der Waals surface area contributed by atoms with Gasteiger partial charge in [0.05, 0.1) is 15.7 Å². The maximum atomic E-state index is 4.14. The van der Waals surface area contributed by atoms with E-state index in [0.29, 0.717) is 0 Å². The van der Waals surface area contributed by atoms with Crippen molar-refractivity contribution in [2.24, 2.45) is 0 Å². The number of aromatic nitrogens is 1. The predicted molar refractivity (Wildman–Crippen MR) is 78.8 cm³/mol. The molecule has 0 unspecified atom stereocenters. The summed E-state index contributed by atoms with van der Waals surface area (Å²) in [4.78, 5) is 4.14. The van der Waals surface area contributed by atoms with Crippen LogP contribution in [0.4, 0.5) is 0 Å². The molecule has 2 aromatic carbocycles. The maximum absolute atomic E-state index is 4.14. The number of benzene rings is 2. The van der Waals surface area contributed by atoms with Gasteiger partial charge < -0.3 is 0 Å². The lowest BCUT2D eigenvalue weighted by Gasteiger charge is -1.89. The Balaban J connectivity index is 0.000000128. The number of thiazole rings is 1. The first-order valence-electron chi connectivity index (χ1n) is 5.33. The summed E-state index contributed by atoms with van der Waals surface area (Å²) in [5.41, 5.74) is 4.24. The highest BCUT2D eigenvalue weighted by Gasteiger charge is 1.89. The fraction of sp³-hybridized carbons (Fsp3) is 0.0714. The number of fused-ring (bicyclic) bond motifs is 1. The Morgan fingerprint density at radius 1 is 0.941 bits per heavy atom. The van der Waals surface area contributed by atoms with E-state index < -0.39 is 0 Å². The molecule has 0 bridgehead atoms. The molecule has 86 valence electrons. The van der Waals surface area contributed by atoms with E-state index in [1.54, 1.807) is 11.3 Å². The first kappa shape index (κ1) is 12.1. The van der Waals surface area contributed by atoms with E-state index in [2.05, 4.69) is 35.8 Å². The predicted octanol–water partition coefficient (Wildman–Crippen LogP) is 4.41. The zero-order chi connectivity index (χ0) is 11.9. The Bertz CT molecular complexity index is 530.